The number of benzene rings is 1. The van der Waals surface area contributed by atoms with E-state index in [1.807, 2.05) is 24.3 Å². The van der Waals surface area contributed by atoms with Crippen LogP contribution in [0.2, 0.25) is 0 Å². The predicted molar refractivity (Wildman–Crippen MR) is 116 cm³/mol. The minimum atomic E-state index is -0.154. The largest absolute Gasteiger partial charge is 0.490 e. The fraction of sp³-hybridized carbons (Fsp3) is 0.364. The van der Waals surface area contributed by atoms with E-state index in [0.717, 1.165) is 29.0 Å². The second-order valence-electron chi connectivity index (χ2n) is 7.45. The fourth-order valence-electron chi connectivity index (χ4n) is 3.22. The van der Waals surface area contributed by atoms with E-state index in [0.29, 0.717) is 24.3 Å². The summed E-state index contributed by atoms with van der Waals surface area (Å²) in [5.74, 6) is 2.09. The molecule has 8 nitrogen and oxygen atoms in total. The van der Waals surface area contributed by atoms with Crippen LogP contribution in [0.1, 0.15) is 31.9 Å². The Morgan fingerprint density at radius 2 is 2.00 bits per heavy atom. The highest BCUT2D eigenvalue weighted by Gasteiger charge is 2.22. The van der Waals surface area contributed by atoms with Crippen molar-refractivity contribution in [1.82, 2.24) is 20.5 Å². The third kappa shape index (κ3) is 5.35. The summed E-state index contributed by atoms with van der Waals surface area (Å²) >= 11 is 1.20. The fourth-order valence-corrected chi connectivity index (χ4v) is 3.80. The number of nitrogens with zero attached hydrogens (tertiary/aromatic N) is 3. The van der Waals surface area contributed by atoms with Gasteiger partial charge in [0.2, 0.25) is 11.8 Å². The molecule has 0 radical (unpaired) electrons. The molecule has 0 fully saturated rings. The Balaban J connectivity index is 1.38. The van der Waals surface area contributed by atoms with Crippen molar-refractivity contribution in [3.63, 3.8) is 0 Å². The molecular formula is C22H24N4O4S. The standard InChI is InChI=1S/C22H24N4O4S/c1-14(2)20(15-6-7-17-18(11-15)29-10-4-9-28-17)24-19(27)13-31-22-26-25-21(30-22)16-5-3-8-23-12-16/h3,5-8,11-12,14,20H,4,9-10,13H2,1-2H3,(H,24,27)/t20-/m1/s1. The Hall–Kier alpha value is -3.07. The Morgan fingerprint density at radius 1 is 1.16 bits per heavy atom. The van der Waals surface area contributed by atoms with Crippen LogP contribution in [0.5, 0.6) is 11.5 Å². The highest BCUT2D eigenvalue weighted by atomic mass is 32.2. The van der Waals surface area contributed by atoms with Gasteiger partial charge < -0.3 is 19.2 Å². The lowest BCUT2D eigenvalue weighted by molar-refractivity contribution is -0.119. The summed E-state index contributed by atoms with van der Waals surface area (Å²) < 4.78 is 17.1. The summed E-state index contributed by atoms with van der Waals surface area (Å²) in [6.45, 7) is 5.40. The van der Waals surface area contributed by atoms with Crippen molar-refractivity contribution in [1.29, 1.82) is 0 Å². The lowest BCUT2D eigenvalue weighted by atomic mass is 9.95. The maximum atomic E-state index is 12.6. The molecule has 0 spiro atoms. The zero-order valence-electron chi connectivity index (χ0n) is 17.4. The summed E-state index contributed by atoms with van der Waals surface area (Å²) in [7, 11) is 0. The van der Waals surface area contributed by atoms with E-state index in [1.54, 1.807) is 18.5 Å². The van der Waals surface area contributed by atoms with Gasteiger partial charge in [0.05, 0.1) is 30.6 Å². The first-order valence-electron chi connectivity index (χ1n) is 10.2. The van der Waals surface area contributed by atoms with Crippen molar-refractivity contribution < 1.29 is 18.7 Å². The summed E-state index contributed by atoms with van der Waals surface area (Å²) in [4.78, 5) is 16.7. The number of hydrogen-bond donors (Lipinski definition) is 1. The number of rotatable bonds is 7. The minimum absolute atomic E-state index is 0.114. The molecule has 9 heteroatoms. The molecule has 2 aromatic heterocycles. The van der Waals surface area contributed by atoms with Gasteiger partial charge in [-0.25, -0.2) is 0 Å². The topological polar surface area (TPSA) is 99.4 Å². The third-order valence-electron chi connectivity index (χ3n) is 4.76. The number of nitrogens with one attached hydrogen (secondary N) is 1. The summed E-state index contributed by atoms with van der Waals surface area (Å²) in [5.41, 5.74) is 1.72. The van der Waals surface area contributed by atoms with E-state index < -0.39 is 0 Å². The summed E-state index contributed by atoms with van der Waals surface area (Å²) in [5, 5.41) is 11.5. The molecular weight excluding hydrogens is 416 g/mol. The number of carbonyl (C=O) groups excluding carboxylic acids is 1. The number of amides is 1. The van der Waals surface area contributed by atoms with Crippen molar-refractivity contribution in [2.24, 2.45) is 5.92 Å². The summed E-state index contributed by atoms with van der Waals surface area (Å²) in [6.07, 6.45) is 4.18. The van der Waals surface area contributed by atoms with Crippen molar-refractivity contribution in [3.8, 4) is 23.0 Å². The molecule has 1 aromatic carbocycles. The van der Waals surface area contributed by atoms with Gasteiger partial charge in [0, 0.05) is 18.8 Å². The quantitative estimate of drug-likeness (QED) is 0.552. The number of carbonyl (C=O) groups is 1. The third-order valence-corrected chi connectivity index (χ3v) is 5.57. The van der Waals surface area contributed by atoms with Crippen LogP contribution in [-0.2, 0) is 4.79 Å². The molecule has 3 heterocycles. The SMILES string of the molecule is CC(C)[C@@H](NC(=O)CSc1nnc(-c2cccnc2)o1)c1ccc2c(c1)OCCCO2. The van der Waals surface area contributed by atoms with E-state index in [4.69, 9.17) is 13.9 Å². The molecule has 0 bridgehead atoms. The van der Waals surface area contributed by atoms with Crippen LogP contribution in [0.4, 0.5) is 0 Å². The maximum absolute atomic E-state index is 12.6. The van der Waals surface area contributed by atoms with Gasteiger partial charge in [-0.3, -0.25) is 9.78 Å². The number of ether oxygens (including phenoxy) is 2. The number of hydrogen-bond acceptors (Lipinski definition) is 8. The van der Waals surface area contributed by atoms with Crippen LogP contribution < -0.4 is 14.8 Å². The number of fused-ring (bicyclic) bond motifs is 1. The molecule has 1 aliphatic rings. The molecule has 31 heavy (non-hydrogen) atoms. The predicted octanol–water partition coefficient (Wildman–Crippen LogP) is 3.90. The Kier molecular flexibility index (Phi) is 6.71. The highest BCUT2D eigenvalue weighted by molar-refractivity contribution is 7.99. The van der Waals surface area contributed by atoms with E-state index in [2.05, 4.69) is 34.3 Å². The lowest BCUT2D eigenvalue weighted by Crippen LogP contribution is -2.33. The molecule has 0 aliphatic carbocycles. The molecule has 1 aliphatic heterocycles. The average Bonchev–Trinajstić information content (AvgIpc) is 3.14. The van der Waals surface area contributed by atoms with Crippen LogP contribution in [0.25, 0.3) is 11.5 Å². The first-order valence-corrected chi connectivity index (χ1v) is 11.1. The van der Waals surface area contributed by atoms with E-state index in [9.17, 15) is 4.79 Å². The molecule has 3 aromatic rings. The Labute approximate surface area is 184 Å². The minimum Gasteiger partial charge on any atom is -0.490 e. The first-order chi connectivity index (χ1) is 15.1. The zero-order valence-corrected chi connectivity index (χ0v) is 18.2. The normalized spacial score (nSPS) is 14.2. The van der Waals surface area contributed by atoms with Gasteiger partial charge in [0.25, 0.3) is 5.22 Å². The lowest BCUT2D eigenvalue weighted by Gasteiger charge is -2.23. The molecule has 162 valence electrons. The smallest absolute Gasteiger partial charge is 0.277 e. The molecule has 0 saturated heterocycles. The average molecular weight is 441 g/mol. The van der Waals surface area contributed by atoms with Crippen LogP contribution in [0.3, 0.4) is 0 Å². The monoisotopic (exact) mass is 440 g/mol. The van der Waals surface area contributed by atoms with Crippen LogP contribution in [0.15, 0.2) is 52.4 Å². The second-order valence-corrected chi connectivity index (χ2v) is 8.38. The molecule has 4 rings (SSSR count). The Bertz CT molecular complexity index is 1030. The van der Waals surface area contributed by atoms with Crippen LogP contribution in [0, 0.1) is 5.92 Å². The molecule has 1 N–H and O–H groups in total. The molecule has 1 atom stereocenters. The van der Waals surface area contributed by atoms with Gasteiger partial charge in [-0.15, -0.1) is 10.2 Å². The summed E-state index contributed by atoms with van der Waals surface area (Å²) in [6, 6.07) is 9.32. The number of thioether (sulfide) groups is 1. The van der Waals surface area contributed by atoms with Gasteiger partial charge >= 0.3 is 0 Å². The molecule has 0 saturated carbocycles. The van der Waals surface area contributed by atoms with Gasteiger partial charge in [-0.05, 0) is 35.7 Å². The van der Waals surface area contributed by atoms with Crippen LogP contribution >= 0.6 is 11.8 Å². The molecule has 1 amide bonds. The van der Waals surface area contributed by atoms with Gasteiger partial charge in [0.15, 0.2) is 11.5 Å². The number of aromatic nitrogens is 3. The van der Waals surface area contributed by atoms with Crippen LogP contribution in [-0.4, -0.2) is 40.1 Å². The van der Waals surface area contributed by atoms with E-state index in [-0.39, 0.29) is 23.6 Å². The van der Waals surface area contributed by atoms with Gasteiger partial charge in [0.1, 0.15) is 0 Å². The highest BCUT2D eigenvalue weighted by Crippen LogP contribution is 2.34. The van der Waals surface area contributed by atoms with Crippen molar-refractivity contribution in [2.45, 2.75) is 31.5 Å². The van der Waals surface area contributed by atoms with Gasteiger partial charge in [-0.1, -0.05) is 31.7 Å². The zero-order chi connectivity index (χ0) is 21.6. The van der Waals surface area contributed by atoms with Gasteiger partial charge in [-0.2, -0.15) is 0 Å². The van der Waals surface area contributed by atoms with E-state index in [1.165, 1.54) is 11.8 Å². The Morgan fingerprint density at radius 3 is 2.77 bits per heavy atom. The van der Waals surface area contributed by atoms with Crippen molar-refractivity contribution in [2.75, 3.05) is 19.0 Å². The maximum Gasteiger partial charge on any atom is 0.277 e. The first kappa shape index (κ1) is 21.2. The van der Waals surface area contributed by atoms with E-state index >= 15 is 0 Å². The number of pyridine rings is 1. The van der Waals surface area contributed by atoms with Crippen molar-refractivity contribution >= 4 is 17.7 Å². The molecule has 0 unspecified atom stereocenters. The second kappa shape index (κ2) is 9.82. The van der Waals surface area contributed by atoms with Crippen molar-refractivity contribution in [3.05, 3.63) is 48.3 Å².